The van der Waals surface area contributed by atoms with Crippen LogP contribution in [-0.4, -0.2) is 44.1 Å². The Morgan fingerprint density at radius 1 is 1.45 bits per heavy atom. The molecule has 2 N–H and O–H groups in total. The van der Waals surface area contributed by atoms with E-state index < -0.39 is 0 Å². The Kier molecular flexibility index (Phi) is 5.83. The summed E-state index contributed by atoms with van der Waals surface area (Å²) in [6.45, 7) is 8.66. The van der Waals surface area contributed by atoms with Crippen molar-refractivity contribution in [3.05, 3.63) is 29.3 Å². The first-order chi connectivity index (χ1) is 9.74. The minimum absolute atomic E-state index is 0.0681. The highest BCUT2D eigenvalue weighted by Gasteiger charge is 2.21. The summed E-state index contributed by atoms with van der Waals surface area (Å²) in [5.41, 5.74) is 3.88. The van der Waals surface area contributed by atoms with E-state index in [0.717, 1.165) is 32.6 Å². The van der Waals surface area contributed by atoms with Crippen LogP contribution in [0.1, 0.15) is 24.5 Å². The number of ether oxygens (including phenoxy) is 1. The van der Waals surface area contributed by atoms with E-state index in [0.29, 0.717) is 6.61 Å². The van der Waals surface area contributed by atoms with Crippen molar-refractivity contribution in [1.29, 1.82) is 0 Å². The third kappa shape index (κ3) is 3.95. The lowest BCUT2D eigenvalue weighted by atomic mass is 10.1. The molecule has 20 heavy (non-hydrogen) atoms. The van der Waals surface area contributed by atoms with E-state index in [2.05, 4.69) is 42.3 Å². The van der Waals surface area contributed by atoms with Gasteiger partial charge in [-0.15, -0.1) is 0 Å². The molecule has 1 heterocycles. The number of aryl methyl sites for hydroxylation is 1. The van der Waals surface area contributed by atoms with Crippen LogP contribution in [0.15, 0.2) is 18.2 Å². The molecule has 0 radical (unpaired) electrons. The maximum absolute atomic E-state index is 9.28. The van der Waals surface area contributed by atoms with Gasteiger partial charge in [0, 0.05) is 25.3 Å². The van der Waals surface area contributed by atoms with Crippen molar-refractivity contribution in [2.45, 2.75) is 32.9 Å². The predicted molar refractivity (Wildman–Crippen MR) is 82.2 cm³/mol. The van der Waals surface area contributed by atoms with E-state index in [1.807, 2.05) is 0 Å². The molecule has 1 unspecified atom stereocenters. The summed E-state index contributed by atoms with van der Waals surface area (Å²) in [6, 6.07) is 6.60. The SMILES string of the molecule is CCCNCc1cc(C)ccc1N1CCOC(CO)C1. The molecule has 0 aromatic heterocycles. The minimum Gasteiger partial charge on any atom is -0.394 e. The van der Waals surface area contributed by atoms with Crippen LogP contribution >= 0.6 is 0 Å². The molecular formula is C16H26N2O2. The Bertz CT molecular complexity index is 423. The third-order valence-corrected chi connectivity index (χ3v) is 3.66. The number of aliphatic hydroxyl groups is 1. The third-order valence-electron chi connectivity index (χ3n) is 3.66. The van der Waals surface area contributed by atoms with Gasteiger partial charge in [0.15, 0.2) is 0 Å². The minimum atomic E-state index is -0.0681. The normalized spacial score (nSPS) is 19.4. The van der Waals surface area contributed by atoms with E-state index in [-0.39, 0.29) is 12.7 Å². The highest BCUT2D eigenvalue weighted by Crippen LogP contribution is 2.24. The van der Waals surface area contributed by atoms with Gasteiger partial charge < -0.3 is 20.1 Å². The summed E-state index contributed by atoms with van der Waals surface area (Å²) in [4.78, 5) is 2.33. The van der Waals surface area contributed by atoms with Gasteiger partial charge in [0.2, 0.25) is 0 Å². The highest BCUT2D eigenvalue weighted by molar-refractivity contribution is 5.55. The summed E-state index contributed by atoms with van der Waals surface area (Å²) >= 11 is 0. The molecule has 112 valence electrons. The molecule has 1 atom stereocenters. The fourth-order valence-corrected chi connectivity index (χ4v) is 2.61. The van der Waals surface area contributed by atoms with Gasteiger partial charge >= 0.3 is 0 Å². The number of aliphatic hydroxyl groups excluding tert-OH is 1. The van der Waals surface area contributed by atoms with Gasteiger partial charge in [-0.05, 0) is 31.5 Å². The summed E-state index contributed by atoms with van der Waals surface area (Å²) < 4.78 is 5.53. The van der Waals surface area contributed by atoms with Crippen LogP contribution in [0.4, 0.5) is 5.69 Å². The van der Waals surface area contributed by atoms with Crippen molar-refractivity contribution in [3.8, 4) is 0 Å². The Balaban J connectivity index is 2.12. The van der Waals surface area contributed by atoms with Crippen LogP contribution in [0.2, 0.25) is 0 Å². The molecule has 2 rings (SSSR count). The zero-order valence-electron chi connectivity index (χ0n) is 12.6. The van der Waals surface area contributed by atoms with E-state index in [1.165, 1.54) is 16.8 Å². The van der Waals surface area contributed by atoms with Crippen LogP contribution in [-0.2, 0) is 11.3 Å². The molecular weight excluding hydrogens is 252 g/mol. The highest BCUT2D eigenvalue weighted by atomic mass is 16.5. The second-order valence-electron chi connectivity index (χ2n) is 5.43. The average Bonchev–Trinajstić information content (AvgIpc) is 2.48. The molecule has 0 spiro atoms. The first kappa shape index (κ1) is 15.3. The number of nitrogens with one attached hydrogen (secondary N) is 1. The molecule has 1 aliphatic rings. The Morgan fingerprint density at radius 2 is 2.30 bits per heavy atom. The van der Waals surface area contributed by atoms with E-state index in [9.17, 15) is 5.11 Å². The predicted octanol–water partition coefficient (Wildman–Crippen LogP) is 1.69. The zero-order chi connectivity index (χ0) is 14.4. The summed E-state index contributed by atoms with van der Waals surface area (Å²) in [5.74, 6) is 0. The van der Waals surface area contributed by atoms with E-state index in [1.54, 1.807) is 0 Å². The lowest BCUT2D eigenvalue weighted by Crippen LogP contribution is -2.44. The second-order valence-corrected chi connectivity index (χ2v) is 5.43. The molecule has 0 bridgehead atoms. The molecule has 4 nitrogen and oxygen atoms in total. The molecule has 1 saturated heterocycles. The summed E-state index contributed by atoms with van der Waals surface area (Å²) in [5, 5.41) is 12.8. The summed E-state index contributed by atoms with van der Waals surface area (Å²) in [6.07, 6.45) is 1.08. The monoisotopic (exact) mass is 278 g/mol. The van der Waals surface area contributed by atoms with Crippen molar-refractivity contribution in [3.63, 3.8) is 0 Å². The molecule has 1 aliphatic heterocycles. The zero-order valence-corrected chi connectivity index (χ0v) is 12.6. The maximum Gasteiger partial charge on any atom is 0.0980 e. The molecule has 1 fully saturated rings. The maximum atomic E-state index is 9.28. The molecule has 1 aromatic carbocycles. The number of morpholine rings is 1. The van der Waals surface area contributed by atoms with Crippen LogP contribution in [0, 0.1) is 6.92 Å². The Morgan fingerprint density at radius 3 is 3.05 bits per heavy atom. The van der Waals surface area contributed by atoms with Crippen LogP contribution < -0.4 is 10.2 Å². The van der Waals surface area contributed by atoms with Gasteiger partial charge in [-0.2, -0.15) is 0 Å². The van der Waals surface area contributed by atoms with Crippen molar-refractivity contribution in [2.75, 3.05) is 37.7 Å². The lowest BCUT2D eigenvalue weighted by molar-refractivity contribution is 0.00352. The molecule has 0 saturated carbocycles. The van der Waals surface area contributed by atoms with Gasteiger partial charge in [0.05, 0.1) is 19.3 Å². The lowest BCUT2D eigenvalue weighted by Gasteiger charge is -2.35. The van der Waals surface area contributed by atoms with Crippen LogP contribution in [0.5, 0.6) is 0 Å². The van der Waals surface area contributed by atoms with Gasteiger partial charge in [-0.3, -0.25) is 0 Å². The largest absolute Gasteiger partial charge is 0.394 e. The number of rotatable bonds is 6. The second kappa shape index (κ2) is 7.62. The number of hydrogen-bond acceptors (Lipinski definition) is 4. The van der Waals surface area contributed by atoms with Crippen molar-refractivity contribution in [1.82, 2.24) is 5.32 Å². The summed E-state index contributed by atoms with van der Waals surface area (Å²) in [7, 11) is 0. The van der Waals surface area contributed by atoms with Crippen LogP contribution in [0.25, 0.3) is 0 Å². The molecule has 0 amide bonds. The molecule has 1 aromatic rings. The first-order valence-electron chi connectivity index (χ1n) is 7.52. The van der Waals surface area contributed by atoms with Crippen molar-refractivity contribution in [2.24, 2.45) is 0 Å². The average molecular weight is 278 g/mol. The number of anilines is 1. The van der Waals surface area contributed by atoms with Gasteiger partial charge in [-0.25, -0.2) is 0 Å². The standard InChI is InChI=1S/C16H26N2O2/c1-3-6-17-10-14-9-13(2)4-5-16(14)18-7-8-20-15(11-18)12-19/h4-5,9,15,17,19H,3,6-8,10-12H2,1-2H3. The number of hydrogen-bond donors (Lipinski definition) is 2. The van der Waals surface area contributed by atoms with E-state index in [4.69, 9.17) is 4.74 Å². The van der Waals surface area contributed by atoms with E-state index >= 15 is 0 Å². The smallest absolute Gasteiger partial charge is 0.0980 e. The first-order valence-corrected chi connectivity index (χ1v) is 7.52. The van der Waals surface area contributed by atoms with Gasteiger partial charge in [-0.1, -0.05) is 24.6 Å². The van der Waals surface area contributed by atoms with Crippen LogP contribution in [0.3, 0.4) is 0 Å². The van der Waals surface area contributed by atoms with Gasteiger partial charge in [0.25, 0.3) is 0 Å². The van der Waals surface area contributed by atoms with Crippen molar-refractivity contribution >= 4 is 5.69 Å². The fourth-order valence-electron chi connectivity index (χ4n) is 2.61. The quantitative estimate of drug-likeness (QED) is 0.777. The molecule has 0 aliphatic carbocycles. The molecule has 4 heteroatoms. The fraction of sp³-hybridized carbons (Fsp3) is 0.625. The Labute approximate surface area is 121 Å². The Hall–Kier alpha value is -1.10. The number of benzene rings is 1. The number of nitrogens with zero attached hydrogens (tertiary/aromatic N) is 1. The topological polar surface area (TPSA) is 44.7 Å². The van der Waals surface area contributed by atoms with Crippen molar-refractivity contribution < 1.29 is 9.84 Å². The van der Waals surface area contributed by atoms with Gasteiger partial charge in [0.1, 0.15) is 0 Å².